The highest BCUT2D eigenvalue weighted by atomic mass is 16.5. The van der Waals surface area contributed by atoms with Gasteiger partial charge in [0.2, 0.25) is 5.88 Å². The summed E-state index contributed by atoms with van der Waals surface area (Å²) in [5, 5.41) is 3.26. The van der Waals surface area contributed by atoms with Crippen LogP contribution >= 0.6 is 0 Å². The molecule has 0 aliphatic rings. The van der Waals surface area contributed by atoms with Crippen LogP contribution in [0.1, 0.15) is 20.3 Å². The third-order valence-electron chi connectivity index (χ3n) is 2.73. The molecule has 5 nitrogen and oxygen atoms in total. The molecular weight excluding hydrogens is 216 g/mol. The van der Waals surface area contributed by atoms with Crippen molar-refractivity contribution in [2.45, 2.75) is 26.3 Å². The van der Waals surface area contributed by atoms with Crippen LogP contribution in [0.4, 0.5) is 5.82 Å². The standard InChI is InChI=1S/C12H22N4O/c1-10(2)16(3)7-5-6-13-11-8-12(17-4)15-9-14-11/h8-10H,5-7H2,1-4H3,(H,13,14,15). The van der Waals surface area contributed by atoms with E-state index in [0.717, 1.165) is 25.3 Å². The first-order valence-electron chi connectivity index (χ1n) is 5.93. The molecule has 0 aliphatic heterocycles. The quantitative estimate of drug-likeness (QED) is 0.732. The number of hydrogen-bond donors (Lipinski definition) is 1. The molecular formula is C12H22N4O. The molecule has 1 rings (SSSR count). The molecule has 1 N–H and O–H groups in total. The number of aromatic nitrogens is 2. The van der Waals surface area contributed by atoms with Crippen LogP contribution in [0.5, 0.6) is 5.88 Å². The van der Waals surface area contributed by atoms with Crippen LogP contribution in [0.3, 0.4) is 0 Å². The van der Waals surface area contributed by atoms with Crippen LogP contribution in [-0.2, 0) is 0 Å². The van der Waals surface area contributed by atoms with Crippen LogP contribution in [0.2, 0.25) is 0 Å². The fourth-order valence-corrected chi connectivity index (χ4v) is 1.35. The molecule has 0 unspecified atom stereocenters. The maximum Gasteiger partial charge on any atom is 0.218 e. The topological polar surface area (TPSA) is 50.3 Å². The Morgan fingerprint density at radius 2 is 2.18 bits per heavy atom. The Kier molecular flexibility index (Phi) is 5.69. The zero-order valence-corrected chi connectivity index (χ0v) is 11.1. The Balaban J connectivity index is 2.26. The zero-order chi connectivity index (χ0) is 12.7. The van der Waals surface area contributed by atoms with Gasteiger partial charge in [0.15, 0.2) is 0 Å². The lowest BCUT2D eigenvalue weighted by atomic mass is 10.3. The van der Waals surface area contributed by atoms with E-state index >= 15 is 0 Å². The number of nitrogens with zero attached hydrogens (tertiary/aromatic N) is 3. The van der Waals surface area contributed by atoms with E-state index in [1.165, 1.54) is 6.33 Å². The van der Waals surface area contributed by atoms with Crippen molar-refractivity contribution in [3.63, 3.8) is 0 Å². The number of anilines is 1. The minimum absolute atomic E-state index is 0.585. The fourth-order valence-electron chi connectivity index (χ4n) is 1.35. The highest BCUT2D eigenvalue weighted by Crippen LogP contribution is 2.09. The minimum atomic E-state index is 0.585. The van der Waals surface area contributed by atoms with Gasteiger partial charge < -0.3 is 15.0 Å². The first kappa shape index (κ1) is 13.7. The Morgan fingerprint density at radius 3 is 2.82 bits per heavy atom. The van der Waals surface area contributed by atoms with Gasteiger partial charge in [-0.1, -0.05) is 0 Å². The van der Waals surface area contributed by atoms with Gasteiger partial charge in [-0.25, -0.2) is 9.97 Å². The molecule has 5 heteroatoms. The fraction of sp³-hybridized carbons (Fsp3) is 0.667. The number of hydrogen-bond acceptors (Lipinski definition) is 5. The summed E-state index contributed by atoms with van der Waals surface area (Å²) in [7, 11) is 3.74. The highest BCUT2D eigenvalue weighted by Gasteiger charge is 2.02. The van der Waals surface area contributed by atoms with E-state index in [4.69, 9.17) is 4.74 Å². The van der Waals surface area contributed by atoms with Crippen molar-refractivity contribution in [3.05, 3.63) is 12.4 Å². The van der Waals surface area contributed by atoms with E-state index in [1.54, 1.807) is 13.2 Å². The summed E-state index contributed by atoms with van der Waals surface area (Å²) in [6, 6.07) is 2.39. The van der Waals surface area contributed by atoms with Gasteiger partial charge >= 0.3 is 0 Å². The second kappa shape index (κ2) is 7.06. The summed E-state index contributed by atoms with van der Waals surface area (Å²) in [5.74, 6) is 1.39. The predicted molar refractivity (Wildman–Crippen MR) is 69.5 cm³/mol. The van der Waals surface area contributed by atoms with Crippen LogP contribution in [-0.4, -0.2) is 48.2 Å². The van der Waals surface area contributed by atoms with Crippen molar-refractivity contribution in [2.75, 3.05) is 32.6 Å². The maximum absolute atomic E-state index is 5.03. The molecule has 0 aliphatic carbocycles. The SMILES string of the molecule is COc1cc(NCCCN(C)C(C)C)ncn1. The summed E-state index contributed by atoms with van der Waals surface area (Å²) in [6.45, 7) is 6.37. The summed E-state index contributed by atoms with van der Waals surface area (Å²) in [4.78, 5) is 10.4. The van der Waals surface area contributed by atoms with Gasteiger partial charge in [-0.15, -0.1) is 0 Å². The zero-order valence-electron chi connectivity index (χ0n) is 11.1. The molecule has 1 aromatic rings. The normalized spacial score (nSPS) is 10.9. The molecule has 0 fully saturated rings. The van der Waals surface area contributed by atoms with Gasteiger partial charge in [0.1, 0.15) is 12.1 Å². The lowest BCUT2D eigenvalue weighted by molar-refractivity contribution is 0.273. The smallest absolute Gasteiger partial charge is 0.218 e. The van der Waals surface area contributed by atoms with Gasteiger partial charge in [-0.2, -0.15) is 0 Å². The third-order valence-corrected chi connectivity index (χ3v) is 2.73. The molecule has 17 heavy (non-hydrogen) atoms. The molecule has 0 radical (unpaired) electrons. The van der Waals surface area contributed by atoms with E-state index in [0.29, 0.717) is 11.9 Å². The van der Waals surface area contributed by atoms with Crippen molar-refractivity contribution in [1.82, 2.24) is 14.9 Å². The Bertz CT molecular complexity index is 330. The van der Waals surface area contributed by atoms with Crippen molar-refractivity contribution >= 4 is 5.82 Å². The van der Waals surface area contributed by atoms with E-state index < -0.39 is 0 Å². The molecule has 0 atom stereocenters. The molecule has 0 spiro atoms. The van der Waals surface area contributed by atoms with Crippen molar-refractivity contribution < 1.29 is 4.74 Å². The van der Waals surface area contributed by atoms with Crippen molar-refractivity contribution in [1.29, 1.82) is 0 Å². The largest absolute Gasteiger partial charge is 0.481 e. The average molecular weight is 238 g/mol. The van der Waals surface area contributed by atoms with Gasteiger partial charge in [-0.05, 0) is 33.9 Å². The molecule has 0 saturated heterocycles. The number of rotatable bonds is 7. The van der Waals surface area contributed by atoms with Gasteiger partial charge in [0, 0.05) is 18.7 Å². The molecule has 1 aromatic heterocycles. The van der Waals surface area contributed by atoms with E-state index in [9.17, 15) is 0 Å². The summed E-state index contributed by atoms with van der Waals surface area (Å²) in [5.41, 5.74) is 0. The first-order chi connectivity index (χ1) is 8.13. The van der Waals surface area contributed by atoms with Gasteiger partial charge in [0.25, 0.3) is 0 Å². The molecule has 0 bridgehead atoms. The summed E-state index contributed by atoms with van der Waals surface area (Å²) >= 11 is 0. The number of ether oxygens (including phenoxy) is 1. The maximum atomic E-state index is 5.03. The van der Waals surface area contributed by atoms with Crippen LogP contribution < -0.4 is 10.1 Å². The molecule has 1 heterocycles. The molecule has 0 saturated carbocycles. The molecule has 0 aromatic carbocycles. The van der Waals surface area contributed by atoms with Crippen LogP contribution in [0.25, 0.3) is 0 Å². The molecule has 0 amide bonds. The Morgan fingerprint density at radius 1 is 1.41 bits per heavy atom. The first-order valence-corrected chi connectivity index (χ1v) is 5.93. The van der Waals surface area contributed by atoms with Gasteiger partial charge in [-0.3, -0.25) is 0 Å². The van der Waals surface area contributed by atoms with E-state index in [1.807, 2.05) is 0 Å². The summed E-state index contributed by atoms with van der Waals surface area (Å²) in [6.07, 6.45) is 2.59. The average Bonchev–Trinajstić information content (AvgIpc) is 2.34. The van der Waals surface area contributed by atoms with Crippen molar-refractivity contribution in [3.8, 4) is 5.88 Å². The second-order valence-electron chi connectivity index (χ2n) is 4.30. The van der Waals surface area contributed by atoms with Gasteiger partial charge in [0.05, 0.1) is 7.11 Å². The lowest BCUT2D eigenvalue weighted by Gasteiger charge is -2.20. The van der Waals surface area contributed by atoms with Crippen LogP contribution in [0.15, 0.2) is 12.4 Å². The monoisotopic (exact) mass is 238 g/mol. The predicted octanol–water partition coefficient (Wildman–Crippen LogP) is 1.63. The minimum Gasteiger partial charge on any atom is -0.481 e. The highest BCUT2D eigenvalue weighted by molar-refractivity contribution is 5.36. The molecule has 96 valence electrons. The summed E-state index contributed by atoms with van der Waals surface area (Å²) < 4.78 is 5.03. The number of methoxy groups -OCH3 is 1. The second-order valence-corrected chi connectivity index (χ2v) is 4.30. The Labute approximate surface area is 103 Å². The Hall–Kier alpha value is -1.36. The van der Waals surface area contributed by atoms with Crippen molar-refractivity contribution in [2.24, 2.45) is 0 Å². The lowest BCUT2D eigenvalue weighted by Crippen LogP contribution is -2.28. The third kappa shape index (κ3) is 4.99. The van der Waals surface area contributed by atoms with Crippen LogP contribution in [0, 0.1) is 0 Å². The van der Waals surface area contributed by atoms with E-state index in [2.05, 4.69) is 41.1 Å². The van der Waals surface area contributed by atoms with E-state index in [-0.39, 0.29) is 0 Å². The number of nitrogens with one attached hydrogen (secondary N) is 1.